The molecule has 3 rings (SSSR count). The monoisotopic (exact) mass is 320 g/mol. The summed E-state index contributed by atoms with van der Waals surface area (Å²) in [5.74, 6) is 0. The van der Waals surface area contributed by atoms with Crippen LogP contribution in [-0.4, -0.2) is 37.4 Å². The molecule has 1 fully saturated rings. The molecule has 0 amide bonds. The zero-order valence-corrected chi connectivity index (χ0v) is 13.4. The molecule has 0 bridgehead atoms. The zero-order chi connectivity index (χ0) is 14.5. The fourth-order valence-corrected chi connectivity index (χ4v) is 3.30. The highest BCUT2D eigenvalue weighted by atomic mass is 35.5. The minimum Gasteiger partial charge on any atom is -0.328 e. The molecule has 0 radical (unpaired) electrons. The van der Waals surface area contributed by atoms with Gasteiger partial charge in [-0.3, -0.25) is 5.01 Å². The minimum absolute atomic E-state index is 0.878. The van der Waals surface area contributed by atoms with Crippen molar-refractivity contribution in [2.45, 2.75) is 6.54 Å². The van der Waals surface area contributed by atoms with Gasteiger partial charge in [0.05, 0.1) is 32.4 Å². The second-order valence-corrected chi connectivity index (χ2v) is 6.62. The van der Waals surface area contributed by atoms with Gasteiger partial charge in [0, 0.05) is 15.5 Å². The van der Waals surface area contributed by atoms with Gasteiger partial charge in [0.25, 0.3) is 0 Å². The number of quaternary nitrogens is 1. The van der Waals surface area contributed by atoms with Gasteiger partial charge in [-0.15, -0.1) is 11.3 Å². The number of hydrazone groups is 1. The van der Waals surface area contributed by atoms with Crippen molar-refractivity contribution < 1.29 is 4.90 Å². The van der Waals surface area contributed by atoms with Crippen LogP contribution in [0.5, 0.6) is 0 Å². The van der Waals surface area contributed by atoms with E-state index in [1.807, 2.05) is 18.3 Å². The Kier molecular flexibility index (Phi) is 4.91. The van der Waals surface area contributed by atoms with Crippen LogP contribution in [0, 0.1) is 0 Å². The van der Waals surface area contributed by atoms with Crippen molar-refractivity contribution in [2.75, 3.05) is 26.2 Å². The standard InChI is InChI=1S/C16H18ClN3S/c17-16-6-2-1-4-14(16)13-19-7-9-20(10-8-19)18-12-15-5-3-11-21-15/h1-6,11-12H,7-10,13H2/p+1/b18-12-. The molecule has 0 spiro atoms. The molecule has 3 nitrogen and oxygen atoms in total. The van der Waals surface area contributed by atoms with E-state index in [-0.39, 0.29) is 0 Å². The first-order chi connectivity index (χ1) is 10.3. The Hall–Kier alpha value is -1.36. The lowest BCUT2D eigenvalue weighted by Crippen LogP contribution is -3.13. The average Bonchev–Trinajstić information content (AvgIpc) is 3.02. The predicted molar refractivity (Wildman–Crippen MR) is 89.3 cm³/mol. The lowest BCUT2D eigenvalue weighted by Gasteiger charge is -2.30. The Balaban J connectivity index is 1.50. The summed E-state index contributed by atoms with van der Waals surface area (Å²) in [6.45, 7) is 5.21. The first-order valence-corrected chi connectivity index (χ1v) is 8.46. The van der Waals surface area contributed by atoms with Crippen LogP contribution in [-0.2, 0) is 6.54 Å². The topological polar surface area (TPSA) is 20.0 Å². The van der Waals surface area contributed by atoms with Gasteiger partial charge in [0.2, 0.25) is 0 Å². The number of nitrogens with one attached hydrogen (secondary N) is 1. The summed E-state index contributed by atoms with van der Waals surface area (Å²) < 4.78 is 0. The number of hydrogen-bond donors (Lipinski definition) is 1. The van der Waals surface area contributed by atoms with Gasteiger partial charge in [-0.1, -0.05) is 35.9 Å². The molecule has 0 unspecified atom stereocenters. The predicted octanol–water partition coefficient (Wildman–Crippen LogP) is 2.14. The van der Waals surface area contributed by atoms with Gasteiger partial charge in [0.1, 0.15) is 6.54 Å². The van der Waals surface area contributed by atoms with Crippen LogP contribution < -0.4 is 4.90 Å². The Morgan fingerprint density at radius 2 is 2.00 bits per heavy atom. The van der Waals surface area contributed by atoms with E-state index in [0.717, 1.165) is 37.7 Å². The van der Waals surface area contributed by atoms with Crippen LogP contribution in [0.1, 0.15) is 10.4 Å². The minimum atomic E-state index is 0.878. The summed E-state index contributed by atoms with van der Waals surface area (Å²) in [5, 5.41) is 9.68. The highest BCUT2D eigenvalue weighted by Crippen LogP contribution is 2.13. The Labute approximate surface area is 134 Å². The van der Waals surface area contributed by atoms with Crippen LogP contribution >= 0.6 is 22.9 Å². The third-order valence-electron chi connectivity index (χ3n) is 3.74. The second-order valence-electron chi connectivity index (χ2n) is 5.23. The summed E-state index contributed by atoms with van der Waals surface area (Å²) in [4.78, 5) is 2.78. The van der Waals surface area contributed by atoms with E-state index in [4.69, 9.17) is 11.6 Å². The van der Waals surface area contributed by atoms with E-state index in [1.54, 1.807) is 16.2 Å². The molecule has 0 saturated carbocycles. The number of thiophene rings is 1. The van der Waals surface area contributed by atoms with Gasteiger partial charge < -0.3 is 4.90 Å². The molecule has 0 atom stereocenters. The molecule has 1 N–H and O–H groups in total. The van der Waals surface area contributed by atoms with E-state index in [2.05, 4.69) is 39.8 Å². The van der Waals surface area contributed by atoms with Crippen LogP contribution in [0.15, 0.2) is 46.9 Å². The zero-order valence-electron chi connectivity index (χ0n) is 11.8. The Bertz CT molecular complexity index is 589. The average molecular weight is 321 g/mol. The Morgan fingerprint density at radius 3 is 2.71 bits per heavy atom. The van der Waals surface area contributed by atoms with Crippen LogP contribution in [0.4, 0.5) is 0 Å². The summed E-state index contributed by atoms with van der Waals surface area (Å²) in [6.07, 6.45) is 1.96. The largest absolute Gasteiger partial charge is 0.328 e. The number of nitrogens with zero attached hydrogens (tertiary/aromatic N) is 2. The fourth-order valence-electron chi connectivity index (χ4n) is 2.52. The number of hydrogen-bond acceptors (Lipinski definition) is 3. The molecule has 1 saturated heterocycles. The van der Waals surface area contributed by atoms with Crippen molar-refractivity contribution in [3.63, 3.8) is 0 Å². The fraction of sp³-hybridized carbons (Fsp3) is 0.312. The normalized spacial score (nSPS) is 16.7. The molecular weight excluding hydrogens is 302 g/mol. The molecule has 2 heterocycles. The van der Waals surface area contributed by atoms with Gasteiger partial charge in [-0.2, -0.15) is 5.10 Å². The van der Waals surface area contributed by atoms with E-state index in [1.165, 1.54) is 10.4 Å². The van der Waals surface area contributed by atoms with Crippen molar-refractivity contribution in [3.8, 4) is 0 Å². The summed E-state index contributed by atoms with van der Waals surface area (Å²) in [7, 11) is 0. The van der Waals surface area contributed by atoms with Crippen molar-refractivity contribution in [2.24, 2.45) is 5.10 Å². The maximum atomic E-state index is 6.23. The van der Waals surface area contributed by atoms with Crippen molar-refractivity contribution in [3.05, 3.63) is 57.2 Å². The maximum absolute atomic E-state index is 6.23. The van der Waals surface area contributed by atoms with Crippen molar-refractivity contribution in [1.29, 1.82) is 0 Å². The van der Waals surface area contributed by atoms with E-state index < -0.39 is 0 Å². The molecule has 110 valence electrons. The third kappa shape index (κ3) is 4.06. The Morgan fingerprint density at radius 1 is 1.19 bits per heavy atom. The molecule has 5 heteroatoms. The number of benzene rings is 1. The first-order valence-electron chi connectivity index (χ1n) is 7.21. The first kappa shape index (κ1) is 14.6. The van der Waals surface area contributed by atoms with E-state index in [0.29, 0.717) is 0 Å². The SMILES string of the molecule is Clc1ccccc1C[NH+]1CCN(/N=C\c2cccs2)CC1. The van der Waals surface area contributed by atoms with Gasteiger partial charge in [0.15, 0.2) is 0 Å². The number of rotatable bonds is 4. The molecule has 1 aromatic heterocycles. The quantitative estimate of drug-likeness (QED) is 0.856. The highest BCUT2D eigenvalue weighted by Gasteiger charge is 2.19. The number of piperazine rings is 1. The molecule has 21 heavy (non-hydrogen) atoms. The summed E-state index contributed by atoms with van der Waals surface area (Å²) in [6, 6.07) is 12.3. The lowest BCUT2D eigenvalue weighted by molar-refractivity contribution is -0.918. The van der Waals surface area contributed by atoms with E-state index >= 15 is 0 Å². The smallest absolute Gasteiger partial charge is 0.104 e. The summed E-state index contributed by atoms with van der Waals surface area (Å²) in [5.41, 5.74) is 1.24. The van der Waals surface area contributed by atoms with Crippen LogP contribution in [0.2, 0.25) is 5.02 Å². The molecule has 1 aliphatic rings. The van der Waals surface area contributed by atoms with E-state index in [9.17, 15) is 0 Å². The van der Waals surface area contributed by atoms with Gasteiger partial charge >= 0.3 is 0 Å². The molecular formula is C16H19ClN3S+. The summed E-state index contributed by atoms with van der Waals surface area (Å²) >= 11 is 7.95. The molecule has 1 aliphatic heterocycles. The van der Waals surface area contributed by atoms with Crippen LogP contribution in [0.3, 0.4) is 0 Å². The maximum Gasteiger partial charge on any atom is 0.104 e. The van der Waals surface area contributed by atoms with Crippen molar-refractivity contribution in [1.82, 2.24) is 5.01 Å². The lowest BCUT2D eigenvalue weighted by atomic mass is 10.2. The molecule has 0 aliphatic carbocycles. The second kappa shape index (κ2) is 7.07. The van der Waals surface area contributed by atoms with Gasteiger partial charge in [-0.25, -0.2) is 0 Å². The molecule has 2 aromatic rings. The van der Waals surface area contributed by atoms with Crippen LogP contribution in [0.25, 0.3) is 0 Å². The van der Waals surface area contributed by atoms with Crippen molar-refractivity contribution >= 4 is 29.2 Å². The van der Waals surface area contributed by atoms with Gasteiger partial charge in [-0.05, 0) is 17.5 Å². The third-order valence-corrected chi connectivity index (χ3v) is 4.91. The number of halogens is 1. The molecule has 1 aromatic carbocycles. The highest BCUT2D eigenvalue weighted by molar-refractivity contribution is 7.11.